The van der Waals surface area contributed by atoms with Gasteiger partial charge in [0.25, 0.3) is 5.91 Å². The van der Waals surface area contributed by atoms with Crippen molar-refractivity contribution >= 4 is 11.7 Å². The summed E-state index contributed by atoms with van der Waals surface area (Å²) in [5.74, 6) is 2.97. The van der Waals surface area contributed by atoms with E-state index in [9.17, 15) is 4.79 Å². The molecule has 1 aliphatic heterocycles. The van der Waals surface area contributed by atoms with Crippen LogP contribution in [0, 0.1) is 13.8 Å². The fourth-order valence-electron chi connectivity index (χ4n) is 4.52. The fourth-order valence-corrected chi connectivity index (χ4v) is 4.52. The monoisotopic (exact) mass is 474 g/mol. The van der Waals surface area contributed by atoms with Crippen LogP contribution in [-0.2, 0) is 12.8 Å². The van der Waals surface area contributed by atoms with Crippen LogP contribution >= 0.6 is 0 Å². The topological polar surface area (TPSA) is 67.8 Å². The van der Waals surface area contributed by atoms with Crippen molar-refractivity contribution in [2.45, 2.75) is 33.6 Å². The lowest BCUT2D eigenvalue weighted by Gasteiger charge is -2.36. The van der Waals surface area contributed by atoms with Crippen molar-refractivity contribution < 1.29 is 14.3 Å². The number of carbonyl (C=O) groups excluding carboxylic acids is 1. The molecular formula is C28H34N4O3. The van der Waals surface area contributed by atoms with Crippen molar-refractivity contribution in [1.82, 2.24) is 14.9 Å². The van der Waals surface area contributed by atoms with E-state index in [1.54, 1.807) is 32.4 Å². The number of aromatic nitrogens is 2. The average molecular weight is 475 g/mol. The van der Waals surface area contributed by atoms with Crippen LogP contribution in [0.3, 0.4) is 0 Å². The summed E-state index contributed by atoms with van der Waals surface area (Å²) in [5, 5.41) is 0. The van der Waals surface area contributed by atoms with E-state index in [-0.39, 0.29) is 5.91 Å². The number of ether oxygens (including phenoxy) is 2. The molecule has 1 amide bonds. The lowest BCUT2D eigenvalue weighted by atomic mass is 10.0. The summed E-state index contributed by atoms with van der Waals surface area (Å²) in [6.07, 6.45) is 1.65. The Morgan fingerprint density at radius 2 is 1.54 bits per heavy atom. The minimum Gasteiger partial charge on any atom is -0.497 e. The molecule has 1 aromatic heterocycles. The van der Waals surface area contributed by atoms with Gasteiger partial charge in [-0.05, 0) is 38.0 Å². The number of amides is 1. The molecule has 1 aliphatic rings. The van der Waals surface area contributed by atoms with Crippen LogP contribution in [0.4, 0.5) is 5.82 Å². The zero-order valence-corrected chi connectivity index (χ0v) is 21.3. The highest BCUT2D eigenvalue weighted by Crippen LogP contribution is 2.27. The molecule has 1 saturated heterocycles. The Morgan fingerprint density at radius 1 is 0.914 bits per heavy atom. The van der Waals surface area contributed by atoms with Crippen molar-refractivity contribution in [3.8, 4) is 11.5 Å². The molecule has 0 atom stereocenters. The molecule has 3 aromatic rings. The lowest BCUT2D eigenvalue weighted by molar-refractivity contribution is 0.0745. The standard InChI is InChI=1S/C28H34N4O3/c1-6-26-25(15-21-9-7-19(2)8-10-21)27(30-20(3)29-26)31-11-13-32(14-12-31)28(33)22-16-23(34-4)18-24(17-22)35-5/h7-10,16-18H,6,11-15H2,1-5H3. The second-order valence-electron chi connectivity index (χ2n) is 8.92. The van der Waals surface area contributed by atoms with Gasteiger partial charge in [0.2, 0.25) is 0 Å². The molecule has 0 aliphatic carbocycles. The molecule has 0 bridgehead atoms. The average Bonchev–Trinajstić information content (AvgIpc) is 2.89. The summed E-state index contributed by atoms with van der Waals surface area (Å²) in [4.78, 5) is 27.0. The van der Waals surface area contributed by atoms with Gasteiger partial charge in [0.1, 0.15) is 23.1 Å². The van der Waals surface area contributed by atoms with E-state index in [2.05, 4.69) is 43.0 Å². The van der Waals surface area contributed by atoms with E-state index >= 15 is 0 Å². The molecule has 7 heteroatoms. The SMILES string of the molecule is CCc1nc(C)nc(N2CCN(C(=O)c3cc(OC)cc(OC)c3)CC2)c1Cc1ccc(C)cc1. The Balaban J connectivity index is 1.54. The number of hydrogen-bond acceptors (Lipinski definition) is 6. The number of methoxy groups -OCH3 is 2. The van der Waals surface area contributed by atoms with Gasteiger partial charge >= 0.3 is 0 Å². The third-order valence-electron chi connectivity index (χ3n) is 6.48. The number of anilines is 1. The molecule has 4 rings (SSSR count). The maximum atomic E-state index is 13.2. The minimum atomic E-state index is -0.0187. The lowest BCUT2D eigenvalue weighted by Crippen LogP contribution is -2.49. The normalized spacial score (nSPS) is 13.6. The van der Waals surface area contributed by atoms with Crippen LogP contribution in [0.5, 0.6) is 11.5 Å². The summed E-state index contributed by atoms with van der Waals surface area (Å²) in [6, 6.07) is 13.9. The Morgan fingerprint density at radius 3 is 2.11 bits per heavy atom. The zero-order valence-electron chi connectivity index (χ0n) is 21.3. The first-order valence-corrected chi connectivity index (χ1v) is 12.1. The number of aryl methyl sites for hydroxylation is 3. The van der Waals surface area contributed by atoms with Gasteiger partial charge in [0, 0.05) is 55.5 Å². The summed E-state index contributed by atoms with van der Waals surface area (Å²) in [6.45, 7) is 8.86. The molecule has 0 radical (unpaired) electrons. The Bertz CT molecular complexity index is 1160. The maximum absolute atomic E-state index is 13.2. The Kier molecular flexibility index (Phi) is 7.54. The summed E-state index contributed by atoms with van der Waals surface area (Å²) < 4.78 is 10.7. The molecule has 2 aromatic carbocycles. The smallest absolute Gasteiger partial charge is 0.254 e. The highest BCUT2D eigenvalue weighted by molar-refractivity contribution is 5.95. The van der Waals surface area contributed by atoms with Gasteiger partial charge in [-0.1, -0.05) is 36.8 Å². The van der Waals surface area contributed by atoms with Gasteiger partial charge in [-0.2, -0.15) is 0 Å². The number of carbonyl (C=O) groups is 1. The quantitative estimate of drug-likeness (QED) is 0.511. The van der Waals surface area contributed by atoms with Crippen LogP contribution in [0.25, 0.3) is 0 Å². The van der Waals surface area contributed by atoms with Crippen molar-refractivity contribution in [1.29, 1.82) is 0 Å². The predicted molar refractivity (Wildman–Crippen MR) is 138 cm³/mol. The molecule has 0 spiro atoms. The summed E-state index contributed by atoms with van der Waals surface area (Å²) >= 11 is 0. The first kappa shape index (κ1) is 24.5. The first-order chi connectivity index (χ1) is 16.9. The van der Waals surface area contributed by atoms with Gasteiger partial charge in [0.05, 0.1) is 14.2 Å². The number of piperazine rings is 1. The van der Waals surface area contributed by atoms with E-state index in [4.69, 9.17) is 19.4 Å². The second-order valence-corrected chi connectivity index (χ2v) is 8.92. The van der Waals surface area contributed by atoms with Gasteiger partial charge in [-0.3, -0.25) is 4.79 Å². The minimum absolute atomic E-state index is 0.0187. The number of nitrogens with zero attached hydrogens (tertiary/aromatic N) is 4. The molecular weight excluding hydrogens is 440 g/mol. The van der Waals surface area contributed by atoms with Crippen LogP contribution in [-0.4, -0.2) is 61.2 Å². The highest BCUT2D eigenvalue weighted by Gasteiger charge is 2.26. The van der Waals surface area contributed by atoms with E-state index in [0.717, 1.165) is 30.2 Å². The van der Waals surface area contributed by atoms with Gasteiger partial charge in [-0.15, -0.1) is 0 Å². The fraction of sp³-hybridized carbons (Fsp3) is 0.393. The van der Waals surface area contributed by atoms with Crippen molar-refractivity contribution in [3.63, 3.8) is 0 Å². The largest absolute Gasteiger partial charge is 0.497 e. The van der Waals surface area contributed by atoms with Crippen molar-refractivity contribution in [2.24, 2.45) is 0 Å². The van der Waals surface area contributed by atoms with Crippen LogP contribution in [0.2, 0.25) is 0 Å². The van der Waals surface area contributed by atoms with E-state index in [0.29, 0.717) is 43.2 Å². The third kappa shape index (κ3) is 5.56. The predicted octanol–water partition coefficient (Wildman–Crippen LogP) is 4.23. The summed E-state index contributed by atoms with van der Waals surface area (Å²) in [5.41, 5.74) is 5.34. The molecule has 0 unspecified atom stereocenters. The Hall–Kier alpha value is -3.61. The van der Waals surface area contributed by atoms with Crippen molar-refractivity contribution in [3.05, 3.63) is 76.2 Å². The van der Waals surface area contributed by atoms with Crippen LogP contribution in [0.15, 0.2) is 42.5 Å². The molecule has 0 N–H and O–H groups in total. The second kappa shape index (κ2) is 10.8. The van der Waals surface area contributed by atoms with Gasteiger partial charge in [-0.25, -0.2) is 9.97 Å². The highest BCUT2D eigenvalue weighted by atomic mass is 16.5. The van der Waals surface area contributed by atoms with Crippen LogP contribution in [0.1, 0.15) is 45.5 Å². The summed E-state index contributed by atoms with van der Waals surface area (Å²) in [7, 11) is 3.18. The van der Waals surface area contributed by atoms with E-state index in [1.165, 1.54) is 16.7 Å². The molecule has 2 heterocycles. The third-order valence-corrected chi connectivity index (χ3v) is 6.48. The molecule has 35 heavy (non-hydrogen) atoms. The van der Waals surface area contributed by atoms with E-state index in [1.807, 2.05) is 11.8 Å². The van der Waals surface area contributed by atoms with Crippen LogP contribution < -0.4 is 14.4 Å². The van der Waals surface area contributed by atoms with Gasteiger partial charge in [0.15, 0.2) is 0 Å². The van der Waals surface area contributed by atoms with E-state index < -0.39 is 0 Å². The molecule has 184 valence electrons. The molecule has 1 fully saturated rings. The zero-order chi connectivity index (χ0) is 24.9. The van der Waals surface area contributed by atoms with Crippen molar-refractivity contribution in [2.75, 3.05) is 45.3 Å². The number of benzene rings is 2. The number of hydrogen-bond donors (Lipinski definition) is 0. The maximum Gasteiger partial charge on any atom is 0.254 e. The van der Waals surface area contributed by atoms with Gasteiger partial charge < -0.3 is 19.3 Å². The molecule has 0 saturated carbocycles. The first-order valence-electron chi connectivity index (χ1n) is 12.1. The Labute approximate surface area is 207 Å². The number of rotatable bonds is 7. The molecule has 7 nitrogen and oxygen atoms in total.